The number of nitrogens with zero attached hydrogens (tertiary/aromatic N) is 1. The highest BCUT2D eigenvalue weighted by Crippen LogP contribution is 2.13. The van der Waals surface area contributed by atoms with Crippen LogP contribution in [0, 0.1) is 0 Å². The summed E-state index contributed by atoms with van der Waals surface area (Å²) in [4.78, 5) is 13.3. The number of hydrogen-bond acceptors (Lipinski definition) is 2. The van der Waals surface area contributed by atoms with Gasteiger partial charge in [0.05, 0.1) is 0 Å². The minimum atomic E-state index is 0.162. The maximum absolute atomic E-state index is 10.9. The number of carbonyl (C=O) groups is 1. The Morgan fingerprint density at radius 3 is 2.92 bits per heavy atom. The Kier molecular flexibility index (Phi) is 3.53. The molecule has 1 rings (SSSR count). The maximum Gasteiger partial charge on any atom is 0.219 e. The molecule has 0 aromatic carbocycles. The molecule has 70 valence electrons. The normalized spacial score (nSPS) is 24.3. The standard InChI is InChI=1S/C9H18N2O/c1-3-9(12)10-7-8-5-4-6-11(8)2/h8H,3-7H2,1-2H3,(H,10,12). The summed E-state index contributed by atoms with van der Waals surface area (Å²) in [6.07, 6.45) is 3.08. The molecule has 1 heterocycles. The van der Waals surface area contributed by atoms with Gasteiger partial charge in [-0.15, -0.1) is 0 Å². The molecule has 1 unspecified atom stereocenters. The molecule has 0 aromatic heterocycles. The third-order valence-corrected chi connectivity index (χ3v) is 2.53. The Hall–Kier alpha value is -0.570. The largest absolute Gasteiger partial charge is 0.355 e. The molecule has 1 amide bonds. The van der Waals surface area contributed by atoms with Gasteiger partial charge < -0.3 is 10.2 Å². The van der Waals surface area contributed by atoms with Crippen molar-refractivity contribution in [2.75, 3.05) is 20.1 Å². The zero-order valence-electron chi connectivity index (χ0n) is 7.97. The zero-order valence-corrected chi connectivity index (χ0v) is 7.97. The molecule has 1 atom stereocenters. The Morgan fingerprint density at radius 2 is 2.42 bits per heavy atom. The molecule has 1 N–H and O–H groups in total. The fraction of sp³-hybridized carbons (Fsp3) is 0.889. The first-order valence-corrected chi connectivity index (χ1v) is 4.71. The summed E-state index contributed by atoms with van der Waals surface area (Å²) < 4.78 is 0. The first-order chi connectivity index (χ1) is 5.74. The minimum Gasteiger partial charge on any atom is -0.355 e. The van der Waals surface area contributed by atoms with Crippen LogP contribution in [0.25, 0.3) is 0 Å². The number of rotatable bonds is 3. The summed E-state index contributed by atoms with van der Waals surface area (Å²) in [5.41, 5.74) is 0. The van der Waals surface area contributed by atoms with Gasteiger partial charge >= 0.3 is 0 Å². The van der Waals surface area contributed by atoms with Crippen LogP contribution in [0.5, 0.6) is 0 Å². The second-order valence-corrected chi connectivity index (χ2v) is 3.43. The van der Waals surface area contributed by atoms with Crippen LogP contribution in [0.15, 0.2) is 0 Å². The highest BCUT2D eigenvalue weighted by molar-refractivity contribution is 5.75. The van der Waals surface area contributed by atoms with Crippen molar-refractivity contribution in [2.45, 2.75) is 32.2 Å². The third kappa shape index (κ3) is 2.48. The van der Waals surface area contributed by atoms with E-state index in [1.54, 1.807) is 0 Å². The van der Waals surface area contributed by atoms with Gasteiger partial charge in [0.15, 0.2) is 0 Å². The Balaban J connectivity index is 2.18. The first-order valence-electron chi connectivity index (χ1n) is 4.71. The van der Waals surface area contributed by atoms with Gasteiger partial charge in [-0.25, -0.2) is 0 Å². The molecular weight excluding hydrogens is 152 g/mol. The number of likely N-dealkylation sites (N-methyl/N-ethyl adjacent to an activating group) is 1. The highest BCUT2D eigenvalue weighted by atomic mass is 16.1. The van der Waals surface area contributed by atoms with E-state index in [0.29, 0.717) is 12.5 Å². The second kappa shape index (κ2) is 4.45. The molecule has 1 aliphatic rings. The Bertz CT molecular complexity index is 159. The van der Waals surface area contributed by atoms with Gasteiger partial charge in [0.1, 0.15) is 0 Å². The maximum atomic E-state index is 10.9. The number of hydrogen-bond donors (Lipinski definition) is 1. The van der Waals surface area contributed by atoms with Crippen LogP contribution in [-0.2, 0) is 4.79 Å². The smallest absolute Gasteiger partial charge is 0.219 e. The van der Waals surface area contributed by atoms with Crippen molar-refractivity contribution >= 4 is 5.91 Å². The lowest BCUT2D eigenvalue weighted by molar-refractivity contribution is -0.120. The number of nitrogens with one attached hydrogen (secondary N) is 1. The number of carbonyl (C=O) groups excluding carboxylic acids is 1. The summed E-state index contributed by atoms with van der Waals surface area (Å²) in [5, 5.41) is 2.92. The average Bonchev–Trinajstić information content (AvgIpc) is 2.47. The molecular formula is C9H18N2O. The molecule has 3 nitrogen and oxygen atoms in total. The van der Waals surface area contributed by atoms with Gasteiger partial charge in [-0.2, -0.15) is 0 Å². The van der Waals surface area contributed by atoms with Gasteiger partial charge in [0, 0.05) is 19.0 Å². The Morgan fingerprint density at radius 1 is 1.67 bits per heavy atom. The van der Waals surface area contributed by atoms with E-state index in [2.05, 4.69) is 17.3 Å². The van der Waals surface area contributed by atoms with Gasteiger partial charge in [0.2, 0.25) is 5.91 Å². The first kappa shape index (κ1) is 9.52. The summed E-state index contributed by atoms with van der Waals surface area (Å²) in [6.45, 7) is 3.88. The van der Waals surface area contributed by atoms with Crippen LogP contribution in [0.2, 0.25) is 0 Å². The van der Waals surface area contributed by atoms with E-state index in [4.69, 9.17) is 0 Å². The number of likely N-dealkylation sites (tertiary alicyclic amines) is 1. The molecule has 0 aromatic rings. The summed E-state index contributed by atoms with van der Waals surface area (Å²) in [7, 11) is 2.12. The van der Waals surface area contributed by atoms with Crippen LogP contribution in [0.1, 0.15) is 26.2 Å². The predicted molar refractivity (Wildman–Crippen MR) is 49.0 cm³/mol. The van der Waals surface area contributed by atoms with Crippen LogP contribution in [-0.4, -0.2) is 37.0 Å². The fourth-order valence-corrected chi connectivity index (χ4v) is 1.59. The van der Waals surface area contributed by atoms with Crippen molar-refractivity contribution in [1.29, 1.82) is 0 Å². The summed E-state index contributed by atoms with van der Waals surface area (Å²) in [6, 6.07) is 0.570. The predicted octanol–water partition coefficient (Wildman–Crippen LogP) is 0.607. The topological polar surface area (TPSA) is 32.3 Å². The molecule has 0 bridgehead atoms. The van der Waals surface area contributed by atoms with E-state index >= 15 is 0 Å². The van der Waals surface area contributed by atoms with Crippen molar-refractivity contribution in [3.8, 4) is 0 Å². The molecule has 0 saturated carbocycles. The lowest BCUT2D eigenvalue weighted by Crippen LogP contribution is -2.37. The molecule has 3 heteroatoms. The van der Waals surface area contributed by atoms with E-state index in [9.17, 15) is 4.79 Å². The van der Waals surface area contributed by atoms with Gasteiger partial charge in [0.25, 0.3) is 0 Å². The molecule has 1 fully saturated rings. The van der Waals surface area contributed by atoms with Crippen molar-refractivity contribution in [3.05, 3.63) is 0 Å². The second-order valence-electron chi connectivity index (χ2n) is 3.43. The summed E-state index contributed by atoms with van der Waals surface area (Å²) >= 11 is 0. The van der Waals surface area contributed by atoms with E-state index in [1.807, 2.05) is 6.92 Å². The van der Waals surface area contributed by atoms with Gasteiger partial charge in [-0.1, -0.05) is 6.92 Å². The van der Waals surface area contributed by atoms with Crippen molar-refractivity contribution in [1.82, 2.24) is 10.2 Å². The van der Waals surface area contributed by atoms with E-state index in [0.717, 1.165) is 6.54 Å². The zero-order chi connectivity index (χ0) is 8.97. The minimum absolute atomic E-state index is 0.162. The van der Waals surface area contributed by atoms with Crippen LogP contribution in [0.4, 0.5) is 0 Å². The van der Waals surface area contributed by atoms with Gasteiger partial charge in [-0.3, -0.25) is 4.79 Å². The molecule has 12 heavy (non-hydrogen) atoms. The van der Waals surface area contributed by atoms with Crippen molar-refractivity contribution in [3.63, 3.8) is 0 Å². The number of amides is 1. The summed E-state index contributed by atoms with van der Waals surface area (Å²) in [5.74, 6) is 0.162. The molecule has 0 aliphatic carbocycles. The fourth-order valence-electron chi connectivity index (χ4n) is 1.59. The van der Waals surface area contributed by atoms with Crippen LogP contribution < -0.4 is 5.32 Å². The monoisotopic (exact) mass is 170 g/mol. The van der Waals surface area contributed by atoms with E-state index < -0.39 is 0 Å². The van der Waals surface area contributed by atoms with Crippen LogP contribution >= 0.6 is 0 Å². The van der Waals surface area contributed by atoms with Crippen molar-refractivity contribution in [2.24, 2.45) is 0 Å². The van der Waals surface area contributed by atoms with Gasteiger partial charge in [-0.05, 0) is 26.4 Å². The lowest BCUT2D eigenvalue weighted by atomic mass is 10.2. The van der Waals surface area contributed by atoms with E-state index in [1.165, 1.54) is 19.4 Å². The Labute approximate surface area is 74.1 Å². The third-order valence-electron chi connectivity index (χ3n) is 2.53. The van der Waals surface area contributed by atoms with Crippen molar-refractivity contribution < 1.29 is 4.79 Å². The highest BCUT2D eigenvalue weighted by Gasteiger charge is 2.20. The SMILES string of the molecule is CCC(=O)NCC1CCCN1C. The van der Waals surface area contributed by atoms with E-state index in [-0.39, 0.29) is 5.91 Å². The molecule has 1 saturated heterocycles. The molecule has 0 spiro atoms. The quantitative estimate of drug-likeness (QED) is 0.673. The molecule has 1 aliphatic heterocycles. The molecule has 0 radical (unpaired) electrons. The average molecular weight is 170 g/mol. The lowest BCUT2D eigenvalue weighted by Gasteiger charge is -2.19. The van der Waals surface area contributed by atoms with Crippen LogP contribution in [0.3, 0.4) is 0 Å².